The molecule has 0 rings (SSSR count). The van der Waals surface area contributed by atoms with Gasteiger partial charge >= 0.3 is 43.4 Å². The molecule has 0 saturated carbocycles. The van der Waals surface area contributed by atoms with Crippen LogP contribution in [0.1, 0.15) is 60.8 Å². The third-order valence-corrected chi connectivity index (χ3v) is 3.99. The molecule has 0 heterocycles. The average molecular weight is 580 g/mol. The van der Waals surface area contributed by atoms with Crippen molar-refractivity contribution >= 4 is 16.9 Å². The van der Waals surface area contributed by atoms with Gasteiger partial charge in [0.2, 0.25) is 0 Å². The molecule has 0 aromatic heterocycles. The Bertz CT molecular complexity index is 271. The zero-order valence-corrected chi connectivity index (χ0v) is 26.2. The van der Waals surface area contributed by atoms with Gasteiger partial charge in [0, 0.05) is 12.2 Å². The molecule has 0 fully saturated rings. The van der Waals surface area contributed by atoms with Crippen molar-refractivity contribution in [3.63, 3.8) is 0 Å². The molecule has 0 aromatic rings. The van der Waals surface area contributed by atoms with Crippen molar-refractivity contribution in [3.8, 4) is 0 Å². The van der Waals surface area contributed by atoms with E-state index in [1.165, 1.54) is 6.92 Å². The number of hydrogen-bond acceptors (Lipinski definition) is 11. The van der Waals surface area contributed by atoms with Crippen LogP contribution < -0.4 is 35.3 Å². The first-order valence-corrected chi connectivity index (χ1v) is 11.1. The first-order chi connectivity index (χ1) is 14.2. The molecule has 32 heavy (non-hydrogen) atoms. The van der Waals surface area contributed by atoms with Crippen LogP contribution in [0.3, 0.4) is 0 Å². The van der Waals surface area contributed by atoms with Crippen molar-refractivity contribution in [3.05, 3.63) is 0 Å². The molecule has 0 aliphatic carbocycles. The molecular weight excluding hydrogens is 538 g/mol. The molecule has 0 aromatic carbocycles. The van der Waals surface area contributed by atoms with E-state index in [2.05, 4.69) is 18.4 Å². The summed E-state index contributed by atoms with van der Waals surface area (Å²) in [6, 6.07) is 0. The molecule has 0 radical (unpaired) electrons. The van der Waals surface area contributed by atoms with E-state index in [1.807, 2.05) is 13.8 Å². The number of rotatable bonds is 9. The number of hydrogen-bond donors (Lipinski definition) is 0. The van der Waals surface area contributed by atoms with E-state index in [4.69, 9.17) is 34.6 Å². The van der Waals surface area contributed by atoms with Crippen molar-refractivity contribution < 1.29 is 96.9 Å². The van der Waals surface area contributed by atoms with Gasteiger partial charge in [0.1, 0.15) is 0 Å². The van der Waals surface area contributed by atoms with Gasteiger partial charge in [-0.3, -0.25) is 0 Å². The molecule has 3 atom stereocenters. The summed E-state index contributed by atoms with van der Waals surface area (Å²) < 4.78 is 24.5. The van der Waals surface area contributed by atoms with Crippen molar-refractivity contribution in [1.82, 2.24) is 0 Å². The molecule has 3 unspecified atom stereocenters. The summed E-state index contributed by atoms with van der Waals surface area (Å²) >= 11 is 0. The maximum absolute atomic E-state index is 9.85. The SMILES string of the molecule is CCC(C)OP(=O)([O-])[O-].CCC(C)O[P-]OC(C)CC.C[O-].C[O-].C[O-].C[O-].C[O-].[Ti+4].[Ti+4]. The van der Waals surface area contributed by atoms with Crippen LogP contribution in [-0.4, -0.2) is 53.9 Å². The molecule has 0 aliphatic rings. The third kappa shape index (κ3) is 85.4. The van der Waals surface area contributed by atoms with Gasteiger partial charge in [-0.05, 0) is 40.0 Å². The summed E-state index contributed by atoms with van der Waals surface area (Å²) in [6.07, 6.45) is 2.72. The van der Waals surface area contributed by atoms with Gasteiger partial charge in [0.15, 0.2) is 0 Å². The monoisotopic (exact) mass is 580 g/mol. The molecule has 11 nitrogen and oxygen atoms in total. The quantitative estimate of drug-likeness (QED) is 0.213. The van der Waals surface area contributed by atoms with Crippen LogP contribution >= 0.6 is 16.9 Å². The Labute approximate surface area is 227 Å². The Kier molecular flexibility index (Phi) is 108. The fraction of sp³-hybridized carbons (Fsp3) is 1.00. The Balaban J connectivity index is -0.0000000326. The van der Waals surface area contributed by atoms with Gasteiger partial charge in [0.05, 0.1) is 13.9 Å². The molecular formula is C17H42O11P2Ti2. The smallest absolute Gasteiger partial charge is 0.857 e. The zero-order chi connectivity index (χ0) is 26.2. The van der Waals surface area contributed by atoms with Crippen molar-refractivity contribution in [1.29, 1.82) is 0 Å². The van der Waals surface area contributed by atoms with Crippen LogP contribution in [0.25, 0.3) is 0 Å². The standard InChI is InChI=1S/C8H18O2P.C4H11O4P.5CH3O.2Ti/c1-5-7(3)9-11-10-8(4)6-2;1-3-4(2)8-9(5,6)7;5*1-2;;/h7-8H,5-6H2,1-4H3;4H,3H2,1-2H3,(H2,5,6,7);5*1H3;;/q-1;;5*-1;2*+4/p-2. The second-order valence-electron chi connectivity index (χ2n) is 4.49. The van der Waals surface area contributed by atoms with Crippen LogP contribution in [0, 0.1) is 0 Å². The van der Waals surface area contributed by atoms with Gasteiger partial charge in [0.25, 0.3) is 0 Å². The van der Waals surface area contributed by atoms with Gasteiger partial charge in [-0.1, -0.05) is 20.8 Å². The minimum atomic E-state index is -4.74. The summed E-state index contributed by atoms with van der Waals surface area (Å²) in [5.41, 5.74) is 0. The maximum Gasteiger partial charge on any atom is 4.00 e. The molecule has 0 spiro atoms. The number of phosphoric acid groups is 1. The van der Waals surface area contributed by atoms with E-state index < -0.39 is 13.9 Å². The van der Waals surface area contributed by atoms with Crippen LogP contribution in [0.4, 0.5) is 0 Å². The Morgan fingerprint density at radius 3 is 0.969 bits per heavy atom. The van der Waals surface area contributed by atoms with E-state index in [1.54, 1.807) is 6.92 Å². The Hall–Kier alpha value is 1.69. The molecule has 0 saturated heterocycles. The summed E-state index contributed by atoms with van der Waals surface area (Å²) in [7, 11) is -0.326. The predicted octanol–water partition coefficient (Wildman–Crippen LogP) is -2.10. The maximum atomic E-state index is 9.85. The molecule has 0 N–H and O–H groups in total. The third-order valence-electron chi connectivity index (χ3n) is 2.48. The first kappa shape index (κ1) is 59.1. The largest absolute Gasteiger partial charge is 4.00 e. The Morgan fingerprint density at radius 2 is 0.844 bits per heavy atom. The molecule has 0 aliphatic heterocycles. The predicted molar refractivity (Wildman–Crippen MR) is 107 cm³/mol. The minimum absolute atomic E-state index is 0. The second-order valence-corrected chi connectivity index (χ2v) is 6.17. The fourth-order valence-corrected chi connectivity index (χ4v) is 1.85. The second kappa shape index (κ2) is 58.5. The number of phosphoric ester groups is 1. The van der Waals surface area contributed by atoms with Gasteiger partial charge < -0.3 is 53.5 Å². The van der Waals surface area contributed by atoms with Gasteiger partial charge in [-0.25, -0.2) is 9.03 Å². The van der Waals surface area contributed by atoms with Crippen molar-refractivity contribution in [2.24, 2.45) is 0 Å². The van der Waals surface area contributed by atoms with Gasteiger partial charge in [-0.2, -0.15) is 35.5 Å². The normalized spacial score (nSPS) is 11.3. The minimum Gasteiger partial charge on any atom is -0.857 e. The van der Waals surface area contributed by atoms with Crippen LogP contribution in [0.15, 0.2) is 0 Å². The zero-order valence-electron chi connectivity index (χ0n) is 21.2. The van der Waals surface area contributed by atoms with Gasteiger partial charge in [-0.15, -0.1) is 0 Å². The summed E-state index contributed by atoms with van der Waals surface area (Å²) in [4.78, 5) is 19.7. The van der Waals surface area contributed by atoms with E-state index >= 15 is 0 Å². The summed E-state index contributed by atoms with van der Waals surface area (Å²) in [6.45, 7) is 11.6. The van der Waals surface area contributed by atoms with Crippen LogP contribution in [-0.2, 0) is 61.6 Å². The van der Waals surface area contributed by atoms with E-state index in [0.717, 1.165) is 48.4 Å². The van der Waals surface area contributed by atoms with Crippen LogP contribution in [0.2, 0.25) is 0 Å². The summed E-state index contributed by atoms with van der Waals surface area (Å²) in [5.74, 6) is 0. The fourth-order valence-electron chi connectivity index (χ4n) is 0.616. The molecule has 0 amide bonds. The first-order valence-electron chi connectivity index (χ1n) is 8.92. The Morgan fingerprint density at radius 1 is 0.625 bits per heavy atom. The van der Waals surface area contributed by atoms with Crippen molar-refractivity contribution in [2.45, 2.75) is 79.1 Å². The molecule has 194 valence electrons. The van der Waals surface area contributed by atoms with E-state index in [0.29, 0.717) is 27.7 Å². The van der Waals surface area contributed by atoms with Crippen LogP contribution in [0.5, 0.6) is 0 Å². The summed E-state index contributed by atoms with van der Waals surface area (Å²) in [5, 5.41) is 41.2. The topological polar surface area (TPSA) is 206 Å². The van der Waals surface area contributed by atoms with E-state index in [-0.39, 0.29) is 43.4 Å². The van der Waals surface area contributed by atoms with Crippen molar-refractivity contribution in [2.75, 3.05) is 35.5 Å². The molecule has 15 heteroatoms. The molecule has 0 bridgehead atoms. The average Bonchev–Trinajstić information content (AvgIpc) is 2.79. The van der Waals surface area contributed by atoms with E-state index in [9.17, 15) is 14.4 Å².